The van der Waals surface area contributed by atoms with Crippen LogP contribution < -0.4 is 5.32 Å². The highest BCUT2D eigenvalue weighted by atomic mass is 16.1. The fraction of sp³-hybridized carbons (Fsp3) is 0.700. The van der Waals surface area contributed by atoms with Gasteiger partial charge in [0.1, 0.15) is 0 Å². The van der Waals surface area contributed by atoms with E-state index in [2.05, 4.69) is 12.2 Å². The lowest BCUT2D eigenvalue weighted by Gasteiger charge is -2.09. The van der Waals surface area contributed by atoms with E-state index in [0.717, 1.165) is 13.0 Å². The molecule has 0 fully saturated rings. The molecule has 76 valence electrons. The van der Waals surface area contributed by atoms with E-state index in [9.17, 15) is 4.79 Å². The Morgan fingerprint density at radius 2 is 2.15 bits per heavy atom. The molecule has 0 aromatic heterocycles. The predicted molar refractivity (Wildman–Crippen MR) is 55.6 cm³/mol. The number of likely N-dealkylation sites (N-methyl/N-ethyl adjacent to an activating group) is 1. The van der Waals surface area contributed by atoms with Crippen LogP contribution in [-0.4, -0.2) is 37.5 Å². The third kappa shape index (κ3) is 7.53. The van der Waals surface area contributed by atoms with Crippen LogP contribution in [0.1, 0.15) is 20.3 Å². The summed E-state index contributed by atoms with van der Waals surface area (Å²) in [5, 5.41) is 2.86. The monoisotopic (exact) mass is 184 g/mol. The van der Waals surface area contributed by atoms with Crippen molar-refractivity contribution in [3.63, 3.8) is 0 Å². The molecular weight excluding hydrogens is 164 g/mol. The van der Waals surface area contributed by atoms with Crippen molar-refractivity contribution >= 4 is 5.91 Å². The third-order valence-electron chi connectivity index (χ3n) is 1.74. The molecule has 0 heterocycles. The molecule has 0 aliphatic heterocycles. The lowest BCUT2D eigenvalue weighted by atomic mass is 10.2. The Kier molecular flexibility index (Phi) is 6.24. The van der Waals surface area contributed by atoms with Crippen LogP contribution >= 0.6 is 0 Å². The van der Waals surface area contributed by atoms with Crippen molar-refractivity contribution < 1.29 is 4.79 Å². The lowest BCUT2D eigenvalue weighted by molar-refractivity contribution is -0.117. The molecule has 3 heteroatoms. The zero-order valence-electron chi connectivity index (χ0n) is 9.00. The van der Waals surface area contributed by atoms with Crippen LogP contribution in [0, 0.1) is 0 Å². The van der Waals surface area contributed by atoms with Crippen molar-refractivity contribution in [3.05, 3.63) is 12.2 Å². The Balaban J connectivity index is 3.67. The van der Waals surface area contributed by atoms with Crippen molar-refractivity contribution in [1.29, 1.82) is 0 Å². The summed E-state index contributed by atoms with van der Waals surface area (Å²) in [6.07, 6.45) is 4.41. The van der Waals surface area contributed by atoms with Crippen LogP contribution in [-0.2, 0) is 4.79 Å². The maximum absolute atomic E-state index is 11.2. The second kappa shape index (κ2) is 6.66. The van der Waals surface area contributed by atoms with Crippen molar-refractivity contribution in [2.75, 3.05) is 20.6 Å². The maximum atomic E-state index is 11.2. The summed E-state index contributed by atoms with van der Waals surface area (Å²) < 4.78 is 0. The first-order valence-electron chi connectivity index (χ1n) is 4.68. The predicted octanol–water partition coefficient (Wildman–Crippen LogP) is 1.02. The van der Waals surface area contributed by atoms with Crippen molar-refractivity contribution in [2.24, 2.45) is 0 Å². The molecule has 0 spiro atoms. The van der Waals surface area contributed by atoms with Gasteiger partial charge < -0.3 is 10.2 Å². The molecule has 1 atom stereocenters. The summed E-state index contributed by atoms with van der Waals surface area (Å²) in [6.45, 7) is 4.85. The van der Waals surface area contributed by atoms with Crippen LogP contribution in [0.25, 0.3) is 0 Å². The van der Waals surface area contributed by atoms with Crippen molar-refractivity contribution in [2.45, 2.75) is 26.3 Å². The van der Waals surface area contributed by atoms with Crippen molar-refractivity contribution in [3.8, 4) is 0 Å². The van der Waals surface area contributed by atoms with E-state index >= 15 is 0 Å². The van der Waals surface area contributed by atoms with Gasteiger partial charge in [-0.05, 0) is 27.4 Å². The summed E-state index contributed by atoms with van der Waals surface area (Å²) in [5.74, 6) is -0.00352. The van der Waals surface area contributed by atoms with Gasteiger partial charge in [0, 0.05) is 18.7 Å². The number of nitrogens with zero attached hydrogens (tertiary/aromatic N) is 1. The largest absolute Gasteiger partial charge is 0.350 e. The number of carbonyl (C=O) groups excluding carboxylic acids is 1. The molecule has 0 aliphatic rings. The second-order valence-electron chi connectivity index (χ2n) is 3.48. The van der Waals surface area contributed by atoms with Gasteiger partial charge in [0.05, 0.1) is 0 Å². The molecule has 0 saturated carbocycles. The Morgan fingerprint density at radius 1 is 1.54 bits per heavy atom. The molecule has 0 rings (SSSR count). The number of rotatable bonds is 5. The van der Waals surface area contributed by atoms with Crippen LogP contribution in [0.15, 0.2) is 12.2 Å². The van der Waals surface area contributed by atoms with E-state index < -0.39 is 0 Å². The molecule has 1 unspecified atom stereocenters. The minimum atomic E-state index is -0.00352. The highest BCUT2D eigenvalue weighted by Crippen LogP contribution is 1.87. The smallest absolute Gasteiger partial charge is 0.243 e. The molecule has 0 aromatic carbocycles. The van der Waals surface area contributed by atoms with E-state index in [0.29, 0.717) is 0 Å². The first-order valence-corrected chi connectivity index (χ1v) is 4.68. The summed E-state index contributed by atoms with van der Waals surface area (Å²) in [7, 11) is 3.94. The standard InChI is InChI=1S/C10H20N2O/c1-5-9(2)11-10(13)7-6-8-12(3)4/h6-7,9H,5,8H2,1-4H3,(H,11,13)/b7-6+. The van der Waals surface area contributed by atoms with Gasteiger partial charge in [0.2, 0.25) is 5.91 Å². The van der Waals surface area contributed by atoms with E-state index in [4.69, 9.17) is 0 Å². The summed E-state index contributed by atoms with van der Waals surface area (Å²) >= 11 is 0. The van der Waals surface area contributed by atoms with Crippen LogP contribution in [0.5, 0.6) is 0 Å². The first kappa shape index (κ1) is 12.2. The Bertz CT molecular complexity index is 176. The Labute approximate surface area is 80.8 Å². The number of amides is 1. The normalized spacial score (nSPS) is 13.6. The molecule has 0 saturated heterocycles. The number of carbonyl (C=O) groups is 1. The van der Waals surface area contributed by atoms with Gasteiger partial charge in [-0.15, -0.1) is 0 Å². The maximum Gasteiger partial charge on any atom is 0.243 e. The Morgan fingerprint density at radius 3 is 2.62 bits per heavy atom. The minimum absolute atomic E-state index is 0.00352. The molecule has 3 nitrogen and oxygen atoms in total. The third-order valence-corrected chi connectivity index (χ3v) is 1.74. The van der Waals surface area contributed by atoms with Crippen LogP contribution in [0.4, 0.5) is 0 Å². The number of nitrogens with one attached hydrogen (secondary N) is 1. The molecule has 1 N–H and O–H groups in total. The zero-order chi connectivity index (χ0) is 10.3. The van der Waals surface area contributed by atoms with Crippen LogP contribution in [0.2, 0.25) is 0 Å². The molecular formula is C10H20N2O. The van der Waals surface area contributed by atoms with Gasteiger partial charge in [-0.2, -0.15) is 0 Å². The van der Waals surface area contributed by atoms with E-state index in [1.807, 2.05) is 32.0 Å². The van der Waals surface area contributed by atoms with E-state index in [1.54, 1.807) is 6.08 Å². The van der Waals surface area contributed by atoms with Crippen LogP contribution in [0.3, 0.4) is 0 Å². The molecule has 0 radical (unpaired) electrons. The minimum Gasteiger partial charge on any atom is -0.350 e. The average Bonchev–Trinajstić information content (AvgIpc) is 2.03. The van der Waals surface area contributed by atoms with Gasteiger partial charge in [-0.25, -0.2) is 0 Å². The molecule has 13 heavy (non-hydrogen) atoms. The fourth-order valence-corrected chi connectivity index (χ4v) is 0.764. The highest BCUT2D eigenvalue weighted by molar-refractivity contribution is 5.87. The van der Waals surface area contributed by atoms with E-state index in [1.165, 1.54) is 0 Å². The zero-order valence-corrected chi connectivity index (χ0v) is 9.00. The summed E-state index contributed by atoms with van der Waals surface area (Å²) in [6, 6.07) is 0.261. The van der Waals surface area contributed by atoms with Gasteiger partial charge in [0.25, 0.3) is 0 Å². The van der Waals surface area contributed by atoms with Crippen molar-refractivity contribution in [1.82, 2.24) is 10.2 Å². The molecule has 1 amide bonds. The van der Waals surface area contributed by atoms with Gasteiger partial charge in [-0.3, -0.25) is 4.79 Å². The number of hydrogen-bond acceptors (Lipinski definition) is 2. The van der Waals surface area contributed by atoms with Gasteiger partial charge in [0.15, 0.2) is 0 Å². The van der Waals surface area contributed by atoms with Gasteiger partial charge in [-0.1, -0.05) is 13.0 Å². The van der Waals surface area contributed by atoms with E-state index in [-0.39, 0.29) is 11.9 Å². The van der Waals surface area contributed by atoms with Gasteiger partial charge >= 0.3 is 0 Å². The SMILES string of the molecule is CCC(C)NC(=O)/C=C/CN(C)C. The highest BCUT2D eigenvalue weighted by Gasteiger charge is 2.00. The molecule has 0 bridgehead atoms. The lowest BCUT2D eigenvalue weighted by Crippen LogP contribution is -2.30. The quantitative estimate of drug-likeness (QED) is 0.647. The second-order valence-corrected chi connectivity index (χ2v) is 3.48. The number of hydrogen-bond donors (Lipinski definition) is 1. The fourth-order valence-electron chi connectivity index (χ4n) is 0.764. The summed E-state index contributed by atoms with van der Waals surface area (Å²) in [5.41, 5.74) is 0. The average molecular weight is 184 g/mol. The topological polar surface area (TPSA) is 32.3 Å². The molecule has 0 aliphatic carbocycles. The summed E-state index contributed by atoms with van der Waals surface area (Å²) in [4.78, 5) is 13.2. The Hall–Kier alpha value is -0.830. The first-order chi connectivity index (χ1) is 6.06. The molecule has 0 aromatic rings.